The molecule has 12 heteroatoms. The molecule has 0 bridgehead atoms. The summed E-state index contributed by atoms with van der Waals surface area (Å²) in [6.07, 6.45) is 3.32. The molecule has 2 saturated heterocycles. The monoisotopic (exact) mass is 755 g/mol. The van der Waals surface area contributed by atoms with Gasteiger partial charge in [-0.05, 0) is 86.2 Å². The number of anilines is 1. The van der Waals surface area contributed by atoms with E-state index in [1.807, 2.05) is 27.8 Å². The van der Waals surface area contributed by atoms with Gasteiger partial charge in [0.2, 0.25) is 23.4 Å². The first-order valence-corrected chi connectivity index (χ1v) is 19.1. The number of hydrogen-bond donors (Lipinski definition) is 1. The van der Waals surface area contributed by atoms with Crippen molar-refractivity contribution in [2.24, 2.45) is 0 Å². The van der Waals surface area contributed by atoms with Gasteiger partial charge in [-0.1, -0.05) is 47.7 Å². The third-order valence-electron chi connectivity index (χ3n) is 10.8. The maximum Gasteiger partial charge on any atom is 0.255 e. The van der Waals surface area contributed by atoms with Crippen molar-refractivity contribution in [3.05, 3.63) is 111 Å². The van der Waals surface area contributed by atoms with Gasteiger partial charge in [-0.2, -0.15) is 5.10 Å². The van der Waals surface area contributed by atoms with Crippen LogP contribution < -0.4 is 10.2 Å². The molecule has 1 aromatic heterocycles. The molecular weight excluding hydrogens is 714 g/mol. The molecule has 4 aromatic rings. The van der Waals surface area contributed by atoms with Crippen molar-refractivity contribution in [2.45, 2.75) is 71.5 Å². The first-order valence-electron chi connectivity index (χ1n) is 18.7. The topological polar surface area (TPSA) is 112 Å². The largest absolute Gasteiger partial charge is 0.368 e. The second-order valence-corrected chi connectivity index (χ2v) is 14.7. The van der Waals surface area contributed by atoms with Crippen molar-refractivity contribution < 1.29 is 19.2 Å². The Labute approximate surface area is 326 Å². The van der Waals surface area contributed by atoms with E-state index in [2.05, 4.69) is 65.0 Å². The van der Waals surface area contributed by atoms with Crippen LogP contribution in [0, 0.1) is 32.3 Å². The lowest BCUT2D eigenvalue weighted by atomic mass is 10.0. The molecule has 1 N–H and O–H groups in total. The van der Waals surface area contributed by atoms with Crippen LogP contribution >= 0.6 is 11.6 Å². The molecule has 4 heterocycles. The van der Waals surface area contributed by atoms with Crippen molar-refractivity contribution in [2.75, 3.05) is 31.1 Å². The van der Waals surface area contributed by atoms with E-state index in [1.165, 1.54) is 4.90 Å². The quantitative estimate of drug-likeness (QED) is 0.0912. The molecule has 0 radical (unpaired) electrons. The Hall–Kier alpha value is -5.91. The van der Waals surface area contributed by atoms with Crippen molar-refractivity contribution in [3.8, 4) is 23.1 Å². The third-order valence-corrected chi connectivity index (χ3v) is 11.1. The number of aromatic nitrogens is 2. The summed E-state index contributed by atoms with van der Waals surface area (Å²) in [7, 11) is 0. The zero-order valence-corrected chi connectivity index (χ0v) is 31.8. The Bertz CT molecular complexity index is 2270. The maximum absolute atomic E-state index is 13.0. The second kappa shape index (κ2) is 16.2. The van der Waals surface area contributed by atoms with Crippen molar-refractivity contribution in [1.82, 2.24) is 24.9 Å². The summed E-state index contributed by atoms with van der Waals surface area (Å²) in [5.74, 6) is 5.65. The number of carbonyl (C=O) groups is 4. The lowest BCUT2D eigenvalue weighted by molar-refractivity contribution is -0.137. The van der Waals surface area contributed by atoms with Gasteiger partial charge in [-0.3, -0.25) is 29.2 Å². The molecular formula is C43H42ClN7O4. The summed E-state index contributed by atoms with van der Waals surface area (Å²) >= 11 is 6.30. The molecule has 2 fully saturated rings. The van der Waals surface area contributed by atoms with Gasteiger partial charge in [0, 0.05) is 85.1 Å². The smallest absolute Gasteiger partial charge is 0.255 e. The number of piperidine rings is 1. The Kier molecular flexibility index (Phi) is 11.0. The highest BCUT2D eigenvalue weighted by Gasteiger charge is 2.39. The molecule has 3 aromatic carbocycles. The second-order valence-electron chi connectivity index (χ2n) is 14.3. The number of imide groups is 1. The van der Waals surface area contributed by atoms with Gasteiger partial charge in [0.25, 0.3) is 5.91 Å². The number of halogens is 1. The van der Waals surface area contributed by atoms with Crippen LogP contribution in [0.3, 0.4) is 0 Å². The van der Waals surface area contributed by atoms with Crippen LogP contribution in [0.5, 0.6) is 0 Å². The summed E-state index contributed by atoms with van der Waals surface area (Å²) in [5, 5.41) is 7.64. The summed E-state index contributed by atoms with van der Waals surface area (Å²) in [5.41, 5.74) is 8.85. The van der Waals surface area contributed by atoms with Crippen LogP contribution in [0.2, 0.25) is 5.02 Å². The summed E-state index contributed by atoms with van der Waals surface area (Å²) in [6, 6.07) is 18.8. The van der Waals surface area contributed by atoms with Crippen LogP contribution in [0.4, 0.5) is 11.4 Å². The minimum Gasteiger partial charge on any atom is -0.368 e. The lowest BCUT2D eigenvalue weighted by Crippen LogP contribution is -2.52. The number of rotatable bonds is 9. The highest BCUT2D eigenvalue weighted by atomic mass is 35.5. The van der Waals surface area contributed by atoms with E-state index in [9.17, 15) is 19.2 Å². The van der Waals surface area contributed by atoms with E-state index >= 15 is 0 Å². The number of carbonyl (C=O) groups excluding carboxylic acids is 4. The number of fused-ring (bicyclic) bond motifs is 1. The van der Waals surface area contributed by atoms with E-state index in [4.69, 9.17) is 23.3 Å². The van der Waals surface area contributed by atoms with Gasteiger partial charge in [-0.25, -0.2) is 4.85 Å². The predicted molar refractivity (Wildman–Crippen MR) is 211 cm³/mol. The molecule has 55 heavy (non-hydrogen) atoms. The fourth-order valence-corrected chi connectivity index (χ4v) is 7.70. The van der Waals surface area contributed by atoms with Gasteiger partial charge in [0.05, 0.1) is 18.8 Å². The number of nitrogens with one attached hydrogen (secondary N) is 1. The van der Waals surface area contributed by atoms with Crippen molar-refractivity contribution in [3.63, 3.8) is 0 Å². The molecule has 280 valence electrons. The highest BCUT2D eigenvalue weighted by Crippen LogP contribution is 2.33. The number of nitrogens with zero attached hydrogens (tertiary/aromatic N) is 6. The number of amides is 4. The van der Waals surface area contributed by atoms with E-state index in [0.717, 1.165) is 70.8 Å². The first-order chi connectivity index (χ1) is 26.6. The van der Waals surface area contributed by atoms with Gasteiger partial charge < -0.3 is 14.7 Å². The van der Waals surface area contributed by atoms with Gasteiger partial charge in [0.1, 0.15) is 6.04 Å². The minimum atomic E-state index is -0.634. The molecule has 0 aliphatic carbocycles. The van der Waals surface area contributed by atoms with Crippen molar-refractivity contribution in [1.29, 1.82) is 0 Å². The predicted octanol–water partition coefficient (Wildman–Crippen LogP) is 6.44. The Morgan fingerprint density at radius 2 is 1.78 bits per heavy atom. The highest BCUT2D eigenvalue weighted by molar-refractivity contribution is 6.33. The van der Waals surface area contributed by atoms with E-state index in [-0.39, 0.29) is 24.1 Å². The van der Waals surface area contributed by atoms with Crippen LogP contribution in [-0.4, -0.2) is 75.4 Å². The minimum absolute atomic E-state index is 0.181. The average molecular weight is 756 g/mol. The molecule has 0 saturated carbocycles. The SMILES string of the molecule is [C-]#[N+]c1ccc(-c2nn(Cc3ccc(N4CCN(C(=O)CCCCC#Cc5ccc6c(c5)CN(C5CCC(=O)NC5=O)C6=O)CC4)cc3)c(C)c2C)cc1Cl. The summed E-state index contributed by atoms with van der Waals surface area (Å²) < 4.78 is 2.01. The molecule has 3 aliphatic rings. The normalized spacial score (nSPS) is 16.7. The van der Waals surface area contributed by atoms with E-state index in [0.29, 0.717) is 61.7 Å². The van der Waals surface area contributed by atoms with Crippen LogP contribution in [0.15, 0.2) is 60.7 Å². The van der Waals surface area contributed by atoms with Gasteiger partial charge in [-0.15, -0.1) is 0 Å². The molecule has 1 atom stereocenters. The molecule has 4 amide bonds. The molecule has 11 nitrogen and oxygen atoms in total. The third kappa shape index (κ3) is 8.13. The Balaban J connectivity index is 0.834. The van der Waals surface area contributed by atoms with Crippen molar-refractivity contribution >= 4 is 46.6 Å². The van der Waals surface area contributed by atoms with Gasteiger partial charge in [0.15, 0.2) is 0 Å². The molecule has 3 aliphatic heterocycles. The zero-order chi connectivity index (χ0) is 38.6. The van der Waals surface area contributed by atoms with Crippen LogP contribution in [0.25, 0.3) is 16.1 Å². The molecule has 1 unspecified atom stereocenters. The fourth-order valence-electron chi connectivity index (χ4n) is 7.47. The summed E-state index contributed by atoms with van der Waals surface area (Å²) in [4.78, 5) is 59.0. The standard InChI is InChI=1S/C43H42ClN7O4/c1-28-29(2)51(47-41(28)32-13-17-37(45-3)36(44)25-32)26-31-10-14-34(15-11-31)48-20-22-49(23-21-48)40(53)9-7-5-4-6-8-30-12-16-35-33(24-30)27-50(43(35)55)38-18-19-39(52)46-42(38)54/h10-17,24-25,38H,4-5,7,9,18-23,26-27H2,1-2H3,(H,46,52,54). The lowest BCUT2D eigenvalue weighted by Gasteiger charge is -2.36. The van der Waals surface area contributed by atoms with Crippen LogP contribution in [-0.2, 0) is 27.5 Å². The number of piperazine rings is 1. The molecule has 7 rings (SSSR count). The number of unbranched alkanes of at least 4 members (excludes halogenated alkanes) is 2. The van der Waals surface area contributed by atoms with E-state index < -0.39 is 11.9 Å². The van der Waals surface area contributed by atoms with Crippen LogP contribution in [0.1, 0.15) is 76.8 Å². The maximum atomic E-state index is 13.0. The average Bonchev–Trinajstić information content (AvgIpc) is 3.66. The fraction of sp³-hybridized carbons (Fsp3) is 0.349. The van der Waals surface area contributed by atoms with Gasteiger partial charge >= 0.3 is 0 Å². The Morgan fingerprint density at radius 1 is 1.00 bits per heavy atom. The summed E-state index contributed by atoms with van der Waals surface area (Å²) in [6.45, 7) is 15.3. The first kappa shape index (κ1) is 37.4. The number of hydrogen-bond acceptors (Lipinski definition) is 6. The zero-order valence-electron chi connectivity index (χ0n) is 31.0. The Morgan fingerprint density at radius 3 is 2.51 bits per heavy atom. The number of benzene rings is 3. The molecule has 0 spiro atoms. The van der Waals surface area contributed by atoms with E-state index in [1.54, 1.807) is 18.2 Å².